The predicted molar refractivity (Wildman–Crippen MR) is 147 cm³/mol. The minimum atomic E-state index is -1.39. The molecule has 0 aromatic heterocycles. The number of aliphatic hydroxyl groups excluding tert-OH is 1. The Kier molecular flexibility index (Phi) is 7.91. The summed E-state index contributed by atoms with van der Waals surface area (Å²) in [6.45, 7) is 6.08. The van der Waals surface area contributed by atoms with Gasteiger partial charge in [-0.3, -0.25) is 14.4 Å². The highest BCUT2D eigenvalue weighted by Crippen LogP contribution is 2.54. The summed E-state index contributed by atoms with van der Waals surface area (Å²) in [5.74, 6) is -2.92. The first-order valence-electron chi connectivity index (χ1n) is 13.9. The zero-order valence-electron chi connectivity index (χ0n) is 22.7. The number of anilines is 1. The lowest BCUT2D eigenvalue weighted by Crippen LogP contribution is -2.58. The number of cyclic esters (lactones) is 1. The number of hydrogen-bond donors (Lipinski definition) is 1. The second kappa shape index (κ2) is 11.1. The fraction of sp³-hybridized carbons (Fsp3) is 0.567. The van der Waals surface area contributed by atoms with E-state index in [1.165, 1.54) is 4.90 Å². The van der Waals surface area contributed by atoms with Crippen molar-refractivity contribution in [1.82, 2.24) is 4.90 Å². The Morgan fingerprint density at radius 2 is 1.95 bits per heavy atom. The van der Waals surface area contributed by atoms with Gasteiger partial charge in [0.15, 0.2) is 0 Å². The second-order valence-electron chi connectivity index (χ2n) is 11.4. The summed E-state index contributed by atoms with van der Waals surface area (Å²) in [5.41, 5.74) is -0.00110. The van der Waals surface area contributed by atoms with Gasteiger partial charge in [-0.1, -0.05) is 61.9 Å². The van der Waals surface area contributed by atoms with Gasteiger partial charge in [0.05, 0.1) is 42.0 Å². The standard InChI is InChI=1S/C30H37ClN2O6/c1-18(2)16-20(17-34)33-26-28(36)32(25-19(3)10-8-11-21(25)31)14-9-13-30(26)24(27(33)35)23-22(39-30)12-6-4-5-7-15-38-29(23)37/h6,8-13,18,20,22-24,26,34H,4-5,7,14-17H2,1-3H3/b12-6-/t20-,22+,23-,24+,26?,30+/m1/s1. The van der Waals surface area contributed by atoms with Crippen LogP contribution in [0.2, 0.25) is 5.02 Å². The first kappa shape index (κ1) is 27.9. The quantitative estimate of drug-likeness (QED) is 0.437. The third kappa shape index (κ3) is 4.70. The molecule has 0 aliphatic carbocycles. The van der Waals surface area contributed by atoms with Crippen LogP contribution in [0.5, 0.6) is 0 Å². The number of carbonyl (C=O) groups excluding carboxylic acids is 3. The number of amides is 2. The van der Waals surface area contributed by atoms with E-state index < -0.39 is 41.6 Å². The number of allylic oxidation sites excluding steroid dienone is 1. The lowest BCUT2D eigenvalue weighted by molar-refractivity contribution is -0.155. The number of ether oxygens (including phenoxy) is 2. The van der Waals surface area contributed by atoms with Crippen molar-refractivity contribution in [3.05, 3.63) is 53.1 Å². The largest absolute Gasteiger partial charge is 0.465 e. The van der Waals surface area contributed by atoms with Crippen LogP contribution in [0.4, 0.5) is 5.69 Å². The molecular formula is C30H37ClN2O6. The number of aryl methyl sites for hydroxylation is 1. The molecule has 1 unspecified atom stereocenters. The molecule has 2 fully saturated rings. The molecule has 4 aliphatic heterocycles. The molecule has 1 aromatic rings. The van der Waals surface area contributed by atoms with Gasteiger partial charge < -0.3 is 24.4 Å². The molecule has 39 heavy (non-hydrogen) atoms. The van der Waals surface area contributed by atoms with E-state index in [1.54, 1.807) is 17.0 Å². The summed E-state index contributed by atoms with van der Waals surface area (Å²) in [6.07, 6.45) is 9.65. The van der Waals surface area contributed by atoms with E-state index in [0.717, 1.165) is 24.8 Å². The fourth-order valence-corrected chi connectivity index (χ4v) is 7.06. The molecule has 5 rings (SSSR count). The van der Waals surface area contributed by atoms with Crippen molar-refractivity contribution in [2.75, 3.05) is 24.7 Å². The van der Waals surface area contributed by atoms with Crippen LogP contribution in [0.1, 0.15) is 45.1 Å². The number of aliphatic hydroxyl groups is 1. The van der Waals surface area contributed by atoms with Gasteiger partial charge in [-0.15, -0.1) is 0 Å². The summed E-state index contributed by atoms with van der Waals surface area (Å²) in [4.78, 5) is 45.5. The number of nitrogens with zero attached hydrogens (tertiary/aromatic N) is 2. The van der Waals surface area contributed by atoms with Gasteiger partial charge in [-0.05, 0) is 50.2 Å². The molecule has 1 spiro atoms. The molecule has 0 bridgehead atoms. The number of rotatable bonds is 5. The van der Waals surface area contributed by atoms with E-state index >= 15 is 0 Å². The molecule has 2 saturated heterocycles. The third-order valence-corrected chi connectivity index (χ3v) is 8.65. The van der Waals surface area contributed by atoms with Gasteiger partial charge in [0, 0.05) is 6.54 Å². The summed E-state index contributed by atoms with van der Waals surface area (Å²) in [7, 11) is 0. The Morgan fingerprint density at radius 1 is 1.15 bits per heavy atom. The molecule has 0 saturated carbocycles. The van der Waals surface area contributed by atoms with Gasteiger partial charge in [-0.2, -0.15) is 0 Å². The van der Waals surface area contributed by atoms with Crippen LogP contribution in [0, 0.1) is 24.7 Å². The number of fused-ring (bicyclic) bond motifs is 2. The average molecular weight is 557 g/mol. The minimum Gasteiger partial charge on any atom is -0.465 e. The average Bonchev–Trinajstić information content (AvgIpc) is 3.28. The zero-order valence-corrected chi connectivity index (χ0v) is 23.5. The van der Waals surface area contributed by atoms with Gasteiger partial charge in [0.25, 0.3) is 5.91 Å². The van der Waals surface area contributed by atoms with Crippen molar-refractivity contribution in [3.63, 3.8) is 0 Å². The molecule has 4 aliphatic rings. The van der Waals surface area contributed by atoms with E-state index in [-0.39, 0.29) is 37.5 Å². The van der Waals surface area contributed by atoms with E-state index in [9.17, 15) is 19.5 Å². The molecule has 1 aromatic carbocycles. The van der Waals surface area contributed by atoms with E-state index in [1.807, 2.05) is 51.1 Å². The summed E-state index contributed by atoms with van der Waals surface area (Å²) >= 11 is 6.60. The zero-order chi connectivity index (χ0) is 27.9. The topological polar surface area (TPSA) is 96.4 Å². The van der Waals surface area contributed by atoms with Gasteiger partial charge in [0.2, 0.25) is 5.91 Å². The van der Waals surface area contributed by atoms with E-state index in [0.29, 0.717) is 17.1 Å². The SMILES string of the molecule is Cc1cccc(Cl)c1N1CC=C[C@]23O[C@H]4/C=C\CCCCOC(=O)[C@H]4[C@H]2C(=O)N([C@@H](CO)CC(C)C)C3C1=O. The number of likely N-dealkylation sites (tertiary alicyclic amines) is 1. The summed E-state index contributed by atoms with van der Waals surface area (Å²) in [6, 6.07) is 3.74. The van der Waals surface area contributed by atoms with Crippen LogP contribution in [0.25, 0.3) is 0 Å². The third-order valence-electron chi connectivity index (χ3n) is 8.35. The Bertz CT molecular complexity index is 1180. The summed E-state index contributed by atoms with van der Waals surface area (Å²) in [5, 5.41) is 10.9. The van der Waals surface area contributed by atoms with Crippen molar-refractivity contribution in [2.24, 2.45) is 17.8 Å². The molecule has 9 heteroatoms. The Labute approximate surface area is 234 Å². The Balaban J connectivity index is 1.66. The first-order chi connectivity index (χ1) is 18.7. The maximum Gasteiger partial charge on any atom is 0.312 e. The first-order valence-corrected chi connectivity index (χ1v) is 14.3. The number of benzene rings is 1. The molecule has 4 heterocycles. The van der Waals surface area contributed by atoms with Crippen LogP contribution >= 0.6 is 11.6 Å². The number of hydrogen-bond acceptors (Lipinski definition) is 6. The van der Waals surface area contributed by atoms with E-state index in [2.05, 4.69) is 0 Å². The Hall–Kier alpha value is -2.68. The van der Waals surface area contributed by atoms with Crippen molar-refractivity contribution in [3.8, 4) is 0 Å². The van der Waals surface area contributed by atoms with Gasteiger partial charge in [-0.25, -0.2) is 0 Å². The highest BCUT2D eigenvalue weighted by Gasteiger charge is 2.72. The van der Waals surface area contributed by atoms with Crippen molar-refractivity contribution in [1.29, 1.82) is 0 Å². The predicted octanol–water partition coefficient (Wildman–Crippen LogP) is 3.82. The lowest BCUT2D eigenvalue weighted by atomic mass is 9.78. The van der Waals surface area contributed by atoms with Crippen LogP contribution in [0.15, 0.2) is 42.5 Å². The monoisotopic (exact) mass is 556 g/mol. The molecular weight excluding hydrogens is 520 g/mol. The maximum absolute atomic E-state index is 14.6. The molecule has 210 valence electrons. The highest BCUT2D eigenvalue weighted by molar-refractivity contribution is 6.34. The van der Waals surface area contributed by atoms with Crippen molar-refractivity contribution >= 4 is 35.1 Å². The molecule has 2 amide bonds. The number of esters is 1. The Morgan fingerprint density at radius 3 is 2.67 bits per heavy atom. The van der Waals surface area contributed by atoms with Crippen LogP contribution in [-0.4, -0.2) is 71.3 Å². The molecule has 1 N–H and O–H groups in total. The van der Waals surface area contributed by atoms with Crippen LogP contribution < -0.4 is 4.90 Å². The second-order valence-corrected chi connectivity index (χ2v) is 11.8. The molecule has 0 radical (unpaired) electrons. The molecule has 8 nitrogen and oxygen atoms in total. The smallest absolute Gasteiger partial charge is 0.312 e. The number of para-hydroxylation sites is 1. The van der Waals surface area contributed by atoms with Gasteiger partial charge in [0.1, 0.15) is 17.6 Å². The number of carbonyl (C=O) groups is 3. The minimum absolute atomic E-state index is 0.153. The number of halogens is 1. The lowest BCUT2D eigenvalue weighted by Gasteiger charge is -2.39. The fourth-order valence-electron chi connectivity index (χ4n) is 6.74. The molecule has 6 atom stereocenters. The van der Waals surface area contributed by atoms with Crippen LogP contribution in [0.3, 0.4) is 0 Å². The van der Waals surface area contributed by atoms with Gasteiger partial charge >= 0.3 is 5.97 Å². The van der Waals surface area contributed by atoms with E-state index in [4.69, 9.17) is 21.1 Å². The van der Waals surface area contributed by atoms with Crippen molar-refractivity contribution in [2.45, 2.75) is 70.2 Å². The highest BCUT2D eigenvalue weighted by atomic mass is 35.5. The maximum atomic E-state index is 14.6. The van der Waals surface area contributed by atoms with Crippen molar-refractivity contribution < 1.29 is 29.0 Å². The summed E-state index contributed by atoms with van der Waals surface area (Å²) < 4.78 is 12.3. The van der Waals surface area contributed by atoms with Crippen LogP contribution in [-0.2, 0) is 23.9 Å². The normalized spacial score (nSPS) is 32.4.